The Morgan fingerprint density at radius 1 is 1.25 bits per heavy atom. The average Bonchev–Trinajstić information content (AvgIpc) is 2.58. The molecule has 0 bridgehead atoms. The fraction of sp³-hybridized carbons (Fsp3) is 0.316. The summed E-state index contributed by atoms with van der Waals surface area (Å²) in [5.41, 5.74) is 2.26. The summed E-state index contributed by atoms with van der Waals surface area (Å²) in [6, 6.07) is 12.8. The lowest BCUT2D eigenvalue weighted by molar-refractivity contribution is -0.116. The van der Waals surface area contributed by atoms with Crippen molar-refractivity contribution in [3.05, 3.63) is 53.9 Å². The van der Waals surface area contributed by atoms with Gasteiger partial charge in [-0.2, -0.15) is 5.26 Å². The lowest BCUT2D eigenvalue weighted by atomic mass is 10.2. The summed E-state index contributed by atoms with van der Waals surface area (Å²) in [5, 5.41) is 11.7. The van der Waals surface area contributed by atoms with Gasteiger partial charge in [0.15, 0.2) is 0 Å². The first-order valence-electron chi connectivity index (χ1n) is 8.03. The molecule has 0 radical (unpaired) electrons. The highest BCUT2D eigenvalue weighted by molar-refractivity contribution is 5.90. The van der Waals surface area contributed by atoms with Gasteiger partial charge in [-0.15, -0.1) is 0 Å². The van der Waals surface area contributed by atoms with Crippen LogP contribution in [0.4, 0.5) is 5.69 Å². The van der Waals surface area contributed by atoms with Crippen molar-refractivity contribution in [2.75, 3.05) is 11.9 Å². The van der Waals surface area contributed by atoms with Crippen LogP contribution in [0.5, 0.6) is 5.75 Å². The number of nitriles is 1. The molecule has 2 rings (SSSR count). The summed E-state index contributed by atoms with van der Waals surface area (Å²) >= 11 is 0. The van der Waals surface area contributed by atoms with Crippen molar-refractivity contribution in [2.45, 2.75) is 32.6 Å². The largest absolute Gasteiger partial charge is 0.494 e. The third-order valence-corrected chi connectivity index (χ3v) is 3.46. The fourth-order valence-corrected chi connectivity index (χ4v) is 2.26. The summed E-state index contributed by atoms with van der Waals surface area (Å²) in [7, 11) is 0. The van der Waals surface area contributed by atoms with Crippen molar-refractivity contribution in [3.8, 4) is 11.8 Å². The number of nitrogens with one attached hydrogen (secondary N) is 1. The molecule has 0 fully saturated rings. The van der Waals surface area contributed by atoms with Crippen LogP contribution in [0.1, 0.15) is 36.9 Å². The zero-order valence-electron chi connectivity index (χ0n) is 13.8. The van der Waals surface area contributed by atoms with E-state index in [1.54, 1.807) is 30.5 Å². The first-order chi connectivity index (χ1) is 11.7. The Kier molecular flexibility index (Phi) is 6.78. The number of amides is 1. The number of pyridine rings is 1. The van der Waals surface area contributed by atoms with Crippen molar-refractivity contribution in [1.82, 2.24) is 4.98 Å². The first-order valence-corrected chi connectivity index (χ1v) is 8.03. The number of rotatable bonds is 8. The van der Waals surface area contributed by atoms with E-state index in [-0.39, 0.29) is 5.91 Å². The predicted octanol–water partition coefficient (Wildman–Crippen LogP) is 3.84. The Morgan fingerprint density at radius 2 is 2.12 bits per heavy atom. The van der Waals surface area contributed by atoms with Crippen LogP contribution in [-0.4, -0.2) is 17.5 Å². The van der Waals surface area contributed by atoms with Crippen molar-refractivity contribution < 1.29 is 9.53 Å². The number of unbranched alkanes of at least 4 members (excludes halogenated alkanes) is 2. The molecule has 0 spiro atoms. The molecule has 1 N–H and O–H groups in total. The summed E-state index contributed by atoms with van der Waals surface area (Å²) in [5.74, 6) is 0.725. The Bertz CT molecular complexity index is 723. The van der Waals surface area contributed by atoms with E-state index in [1.807, 2.05) is 19.1 Å². The van der Waals surface area contributed by atoms with E-state index in [1.165, 1.54) is 0 Å². The standard InChI is InChI=1S/C19H21N3O2/c1-15-12-17(9-10-21-15)22-19(23)8-3-2-4-11-24-18-7-5-6-16(13-18)14-20/h5-7,9-10,12-13H,2-4,8,11H2,1H3,(H,21,22,23). The quantitative estimate of drug-likeness (QED) is 0.749. The third kappa shape index (κ3) is 6.09. The number of hydrogen-bond acceptors (Lipinski definition) is 4. The predicted molar refractivity (Wildman–Crippen MR) is 92.7 cm³/mol. The molecule has 0 atom stereocenters. The number of benzene rings is 1. The van der Waals surface area contributed by atoms with Crippen molar-refractivity contribution in [3.63, 3.8) is 0 Å². The molecular formula is C19H21N3O2. The van der Waals surface area contributed by atoms with Crippen LogP contribution in [0, 0.1) is 18.3 Å². The number of hydrogen-bond donors (Lipinski definition) is 1. The van der Waals surface area contributed by atoms with Gasteiger partial charge in [0.25, 0.3) is 0 Å². The Labute approximate surface area is 142 Å². The Balaban J connectivity index is 1.59. The zero-order chi connectivity index (χ0) is 17.2. The van der Waals surface area contributed by atoms with Gasteiger partial charge in [-0.05, 0) is 56.5 Å². The molecule has 0 aliphatic carbocycles. The minimum Gasteiger partial charge on any atom is -0.494 e. The van der Waals surface area contributed by atoms with E-state index in [4.69, 9.17) is 10.00 Å². The summed E-state index contributed by atoms with van der Waals surface area (Å²) < 4.78 is 5.61. The SMILES string of the molecule is Cc1cc(NC(=O)CCCCCOc2cccc(C#N)c2)ccn1. The fourth-order valence-electron chi connectivity index (χ4n) is 2.26. The van der Waals surface area contributed by atoms with E-state index in [9.17, 15) is 4.79 Å². The summed E-state index contributed by atoms with van der Waals surface area (Å²) in [4.78, 5) is 16.0. The van der Waals surface area contributed by atoms with E-state index < -0.39 is 0 Å². The molecule has 0 saturated heterocycles. The highest BCUT2D eigenvalue weighted by Gasteiger charge is 2.03. The van der Waals surface area contributed by atoms with Crippen LogP contribution < -0.4 is 10.1 Å². The van der Waals surface area contributed by atoms with E-state index in [0.717, 1.165) is 30.6 Å². The second kappa shape index (κ2) is 9.31. The summed E-state index contributed by atoms with van der Waals surface area (Å²) in [6.45, 7) is 2.47. The Hall–Kier alpha value is -2.87. The molecule has 1 aromatic heterocycles. The number of aromatic nitrogens is 1. The van der Waals surface area contributed by atoms with E-state index in [2.05, 4.69) is 16.4 Å². The molecule has 1 heterocycles. The van der Waals surface area contributed by atoms with Crippen LogP contribution in [0.3, 0.4) is 0 Å². The van der Waals surface area contributed by atoms with Gasteiger partial charge in [-0.3, -0.25) is 9.78 Å². The van der Waals surface area contributed by atoms with Gasteiger partial charge in [-0.25, -0.2) is 0 Å². The van der Waals surface area contributed by atoms with E-state index in [0.29, 0.717) is 24.3 Å². The van der Waals surface area contributed by atoms with Gasteiger partial charge >= 0.3 is 0 Å². The second-order valence-corrected chi connectivity index (χ2v) is 5.53. The van der Waals surface area contributed by atoms with Gasteiger partial charge in [-0.1, -0.05) is 6.07 Å². The highest BCUT2D eigenvalue weighted by Crippen LogP contribution is 2.13. The van der Waals surface area contributed by atoms with Crippen molar-refractivity contribution >= 4 is 11.6 Å². The molecule has 124 valence electrons. The van der Waals surface area contributed by atoms with Gasteiger partial charge in [0.05, 0.1) is 18.2 Å². The molecule has 0 aliphatic rings. The number of carbonyl (C=O) groups excluding carboxylic acids is 1. The molecule has 0 unspecified atom stereocenters. The monoisotopic (exact) mass is 323 g/mol. The maximum atomic E-state index is 11.9. The zero-order valence-corrected chi connectivity index (χ0v) is 13.8. The lowest BCUT2D eigenvalue weighted by Gasteiger charge is -2.07. The van der Waals surface area contributed by atoms with Crippen molar-refractivity contribution in [1.29, 1.82) is 5.26 Å². The van der Waals surface area contributed by atoms with Gasteiger partial charge in [0, 0.05) is 24.0 Å². The number of nitrogens with zero attached hydrogens (tertiary/aromatic N) is 2. The van der Waals surface area contributed by atoms with Crippen LogP contribution in [-0.2, 0) is 4.79 Å². The molecule has 0 aliphatic heterocycles. The molecule has 5 nitrogen and oxygen atoms in total. The normalized spacial score (nSPS) is 10.0. The summed E-state index contributed by atoms with van der Waals surface area (Å²) in [6.07, 6.45) is 4.78. The third-order valence-electron chi connectivity index (χ3n) is 3.46. The minimum atomic E-state index is 0.0169. The van der Waals surface area contributed by atoms with Gasteiger partial charge in [0.1, 0.15) is 5.75 Å². The van der Waals surface area contributed by atoms with Gasteiger partial charge in [0.2, 0.25) is 5.91 Å². The van der Waals surface area contributed by atoms with Crippen LogP contribution >= 0.6 is 0 Å². The number of anilines is 1. The van der Waals surface area contributed by atoms with E-state index >= 15 is 0 Å². The average molecular weight is 323 g/mol. The topological polar surface area (TPSA) is 75.0 Å². The molecule has 5 heteroatoms. The molecule has 24 heavy (non-hydrogen) atoms. The first kappa shape index (κ1) is 17.5. The molecule has 1 amide bonds. The van der Waals surface area contributed by atoms with Crippen molar-refractivity contribution in [2.24, 2.45) is 0 Å². The van der Waals surface area contributed by atoms with Crippen LogP contribution in [0.15, 0.2) is 42.6 Å². The Morgan fingerprint density at radius 3 is 2.92 bits per heavy atom. The minimum absolute atomic E-state index is 0.0169. The lowest BCUT2D eigenvalue weighted by Crippen LogP contribution is -2.11. The van der Waals surface area contributed by atoms with Gasteiger partial charge < -0.3 is 10.1 Å². The maximum absolute atomic E-state index is 11.9. The maximum Gasteiger partial charge on any atom is 0.224 e. The second-order valence-electron chi connectivity index (χ2n) is 5.53. The molecular weight excluding hydrogens is 302 g/mol. The highest BCUT2D eigenvalue weighted by atomic mass is 16.5. The molecule has 2 aromatic rings. The van der Waals surface area contributed by atoms with Crippen LogP contribution in [0.25, 0.3) is 0 Å². The smallest absolute Gasteiger partial charge is 0.224 e. The number of carbonyl (C=O) groups is 1. The van der Waals surface area contributed by atoms with Crippen LogP contribution in [0.2, 0.25) is 0 Å². The molecule has 1 aromatic carbocycles. The molecule has 0 saturated carbocycles. The number of ether oxygens (including phenoxy) is 1. The number of aryl methyl sites for hydroxylation is 1.